The Kier molecular flexibility index (Phi) is 52.2. The van der Waals surface area contributed by atoms with Crippen molar-refractivity contribution >= 4 is 35.1 Å². The van der Waals surface area contributed by atoms with Gasteiger partial charge in [0.2, 0.25) is 17.7 Å². The van der Waals surface area contributed by atoms with Gasteiger partial charge < -0.3 is 86.0 Å². The standard InChI is InChI=1S/C72H127N3O22/c1-58(2)64(55-63(76)57-75-68(79)56-65(70(75)81)71(4,5)6)69(80)73-59(3)66(77)54-60-16-17-61(18-19-67(78)72(7,8)9)62(53-60)15-12-20-74(21-13-23-84-29-31-88-37-39-92-45-47-96-51-49-94-43-41-90-35-33-86-27-25-82-10)22-14-24-85-30-32-89-38-40-93-46-48-97-52-50-95-44-42-91-36-34-87-28-26-83-11/h16-17,53,58-59,64-65H,12-15,18-52,54-57H2,1-11H3,(H,73,80)/t59-,64-,65?/m0/s1. The maximum Gasteiger partial charge on any atom is 0.233 e. The maximum absolute atomic E-state index is 13.9. The molecule has 1 saturated heterocycles. The van der Waals surface area contributed by atoms with E-state index in [1.165, 1.54) is 0 Å². The smallest absolute Gasteiger partial charge is 0.233 e. The molecule has 0 bridgehead atoms. The van der Waals surface area contributed by atoms with E-state index in [4.69, 9.17) is 75.8 Å². The summed E-state index contributed by atoms with van der Waals surface area (Å²) in [7, 11) is 3.28. The lowest BCUT2D eigenvalue weighted by Gasteiger charge is -2.25. The van der Waals surface area contributed by atoms with Gasteiger partial charge in [-0.1, -0.05) is 73.6 Å². The lowest BCUT2D eigenvalue weighted by molar-refractivity contribution is -0.144. The number of carbonyl (C=O) groups is 6. The molecule has 0 spiro atoms. The maximum atomic E-state index is 13.9. The minimum Gasteiger partial charge on any atom is -0.382 e. The second-order valence-corrected chi connectivity index (χ2v) is 26.4. The first-order valence-corrected chi connectivity index (χ1v) is 35.3. The average molecular weight is 1390 g/mol. The monoisotopic (exact) mass is 1390 g/mol. The van der Waals surface area contributed by atoms with Gasteiger partial charge in [0.15, 0.2) is 11.6 Å². The lowest BCUT2D eigenvalue weighted by atomic mass is 9.80. The second-order valence-electron chi connectivity index (χ2n) is 26.4. The van der Waals surface area contributed by atoms with Crippen LogP contribution in [0.3, 0.4) is 0 Å². The summed E-state index contributed by atoms with van der Waals surface area (Å²) in [5, 5.41) is 2.86. The quantitative estimate of drug-likeness (QED) is 0.0575. The minimum absolute atomic E-state index is 0.0532. The van der Waals surface area contributed by atoms with Crippen molar-refractivity contribution in [3.05, 3.63) is 34.9 Å². The number of rotatable bonds is 67. The minimum atomic E-state index is -0.851. The fourth-order valence-corrected chi connectivity index (χ4v) is 10.0. The van der Waals surface area contributed by atoms with Gasteiger partial charge in [0.05, 0.1) is 203 Å². The zero-order valence-electron chi connectivity index (χ0n) is 61.3. The molecule has 97 heavy (non-hydrogen) atoms. The van der Waals surface area contributed by atoms with Gasteiger partial charge in [-0.05, 0) is 73.6 Å². The summed E-state index contributed by atoms with van der Waals surface area (Å²) in [5.74, 6) is -3.13. The Morgan fingerprint density at radius 3 is 1.23 bits per heavy atom. The van der Waals surface area contributed by atoms with Crippen LogP contribution in [-0.4, -0.2) is 290 Å². The van der Waals surface area contributed by atoms with Crippen molar-refractivity contribution < 1.29 is 105 Å². The topological polar surface area (TPSA) is 269 Å². The number of likely N-dealkylation sites (tertiary alicyclic amines) is 1. The van der Waals surface area contributed by atoms with Crippen molar-refractivity contribution in [2.45, 2.75) is 126 Å². The normalized spacial score (nSPS) is 14.4. The molecule has 25 nitrogen and oxygen atoms in total. The number of benzene rings is 1. The van der Waals surface area contributed by atoms with Crippen LogP contribution in [0.4, 0.5) is 0 Å². The van der Waals surface area contributed by atoms with Gasteiger partial charge in [0.1, 0.15) is 5.78 Å². The number of ketones is 3. The molecule has 562 valence electrons. The molecular weight excluding hydrogens is 1260 g/mol. The van der Waals surface area contributed by atoms with Crippen molar-refractivity contribution in [1.82, 2.24) is 15.1 Å². The number of methoxy groups -OCH3 is 2. The van der Waals surface area contributed by atoms with Gasteiger partial charge in [-0.2, -0.15) is 0 Å². The third kappa shape index (κ3) is 45.6. The highest BCUT2D eigenvalue weighted by atomic mass is 16.6. The van der Waals surface area contributed by atoms with Crippen LogP contribution in [0, 0.1) is 28.6 Å². The van der Waals surface area contributed by atoms with Crippen LogP contribution in [0.2, 0.25) is 0 Å². The first-order valence-electron chi connectivity index (χ1n) is 35.3. The van der Waals surface area contributed by atoms with Crippen LogP contribution in [-0.2, 0) is 124 Å². The molecular formula is C72H127N3O22. The number of nitrogens with one attached hydrogen (secondary N) is 1. The summed E-state index contributed by atoms with van der Waals surface area (Å²) < 4.78 is 88.4. The highest BCUT2D eigenvalue weighted by Gasteiger charge is 2.45. The van der Waals surface area contributed by atoms with Gasteiger partial charge in [-0.3, -0.25) is 33.7 Å². The Morgan fingerprint density at radius 1 is 0.505 bits per heavy atom. The van der Waals surface area contributed by atoms with E-state index in [0.717, 1.165) is 60.5 Å². The van der Waals surface area contributed by atoms with E-state index in [1.54, 1.807) is 21.1 Å². The predicted molar refractivity (Wildman–Crippen MR) is 367 cm³/mol. The Morgan fingerprint density at radius 2 is 0.876 bits per heavy atom. The van der Waals surface area contributed by atoms with Crippen LogP contribution in [0.1, 0.15) is 118 Å². The number of nitrogens with zero attached hydrogens (tertiary/aromatic N) is 2. The Labute approximate surface area is 580 Å². The number of Topliss-reactive ketones (excluding diaryl/α,β-unsaturated/α-hetero) is 3. The number of amides is 3. The van der Waals surface area contributed by atoms with E-state index in [1.807, 2.05) is 67.5 Å². The number of hydrogen-bond acceptors (Lipinski definition) is 23. The number of aryl methyl sites for hydroxylation is 2. The zero-order valence-corrected chi connectivity index (χ0v) is 61.3. The average Bonchev–Trinajstić information content (AvgIpc) is 1.64. The van der Waals surface area contributed by atoms with Crippen LogP contribution in [0.5, 0.6) is 0 Å². The van der Waals surface area contributed by atoms with Crippen molar-refractivity contribution in [3.63, 3.8) is 0 Å². The fraction of sp³-hybridized carbons (Fsp3) is 0.833. The van der Waals surface area contributed by atoms with Gasteiger partial charge >= 0.3 is 0 Å². The van der Waals surface area contributed by atoms with Crippen molar-refractivity contribution in [2.24, 2.45) is 28.6 Å². The summed E-state index contributed by atoms with van der Waals surface area (Å²) in [6.07, 6.45) is 4.06. The molecule has 1 fully saturated rings. The summed E-state index contributed by atoms with van der Waals surface area (Å²) in [6, 6.07) is 5.17. The molecule has 2 rings (SSSR count). The molecule has 0 saturated carbocycles. The Bertz CT molecular complexity index is 2160. The molecule has 0 aromatic heterocycles. The van der Waals surface area contributed by atoms with Gasteiger partial charge in [-0.15, -0.1) is 0 Å². The molecule has 1 aromatic carbocycles. The summed E-state index contributed by atoms with van der Waals surface area (Å²) in [6.45, 7) is 33.6. The number of imide groups is 1. The molecule has 1 aliphatic rings. The van der Waals surface area contributed by atoms with Gasteiger partial charge in [-0.25, -0.2) is 0 Å². The van der Waals surface area contributed by atoms with E-state index in [2.05, 4.69) is 16.3 Å². The van der Waals surface area contributed by atoms with E-state index in [-0.39, 0.29) is 60.9 Å². The number of ether oxygens (including phenoxy) is 16. The van der Waals surface area contributed by atoms with Crippen LogP contribution >= 0.6 is 0 Å². The molecule has 1 aliphatic heterocycles. The third-order valence-corrected chi connectivity index (χ3v) is 15.9. The van der Waals surface area contributed by atoms with Gasteiger partial charge in [0.25, 0.3) is 0 Å². The van der Waals surface area contributed by atoms with E-state index >= 15 is 0 Å². The molecule has 1 unspecified atom stereocenters. The van der Waals surface area contributed by atoms with Crippen molar-refractivity contribution in [1.29, 1.82) is 0 Å². The third-order valence-electron chi connectivity index (χ3n) is 15.9. The summed E-state index contributed by atoms with van der Waals surface area (Å²) in [5.41, 5.74) is 2.01. The van der Waals surface area contributed by atoms with Crippen molar-refractivity contribution in [2.75, 3.05) is 239 Å². The fourth-order valence-electron chi connectivity index (χ4n) is 10.0. The molecule has 3 amide bonds. The Hall–Kier alpha value is -3.84. The second kappa shape index (κ2) is 56.8. The zero-order chi connectivity index (χ0) is 71.2. The van der Waals surface area contributed by atoms with E-state index in [0.29, 0.717) is 217 Å². The summed E-state index contributed by atoms with van der Waals surface area (Å²) >= 11 is 0. The van der Waals surface area contributed by atoms with Gasteiger partial charge in [0, 0.05) is 77.5 Å². The number of hydrogen-bond donors (Lipinski definition) is 1. The predicted octanol–water partition coefficient (Wildman–Crippen LogP) is 6.04. The van der Waals surface area contributed by atoms with Crippen LogP contribution < -0.4 is 5.32 Å². The molecule has 1 N–H and O–H groups in total. The molecule has 0 radical (unpaired) electrons. The summed E-state index contributed by atoms with van der Waals surface area (Å²) in [4.78, 5) is 83.5. The molecule has 0 aliphatic carbocycles. The number of carbonyl (C=O) groups excluding carboxylic acids is 6. The first kappa shape index (κ1) is 89.2. The molecule has 25 heteroatoms. The van der Waals surface area contributed by atoms with Crippen LogP contribution in [0.15, 0.2) is 18.2 Å². The largest absolute Gasteiger partial charge is 0.382 e. The molecule has 1 aromatic rings. The highest BCUT2D eigenvalue weighted by Crippen LogP contribution is 2.35. The highest BCUT2D eigenvalue weighted by molar-refractivity contribution is 6.06. The van der Waals surface area contributed by atoms with E-state index < -0.39 is 34.6 Å². The molecule has 1 heterocycles. The van der Waals surface area contributed by atoms with Crippen molar-refractivity contribution in [3.8, 4) is 0 Å². The first-order chi connectivity index (χ1) is 46.7. The Balaban J connectivity index is 1.90. The SMILES string of the molecule is COCCOCCOCCOCCOCCOCCOCCOCCCN(CCCOCCOCCOCCOCCOCCOCCOCCOC)CCCc1cc(CC(=O)[C@H](C)NC(=O)[C@@H](CC(=O)CN2C(=O)CC(C(C)(C)C)C2=O)C(C)C)ccc1CCC(=O)C(C)(C)C. The van der Waals surface area contributed by atoms with Crippen LogP contribution in [0.25, 0.3) is 0 Å². The molecule has 3 atom stereocenters. The lowest BCUT2D eigenvalue weighted by Crippen LogP contribution is -2.45. The van der Waals surface area contributed by atoms with E-state index in [9.17, 15) is 28.8 Å².